The molecule has 4 heteroatoms. The maximum atomic E-state index is 13.0. The Bertz CT molecular complexity index is 938. The van der Waals surface area contributed by atoms with Gasteiger partial charge in [0.2, 0.25) is 0 Å². The smallest absolute Gasteiger partial charge is 0.251 e. The number of carbonyl (C=O) groups is 1. The lowest BCUT2D eigenvalue weighted by Crippen LogP contribution is -2.35. The molecule has 1 unspecified atom stereocenters. The van der Waals surface area contributed by atoms with E-state index in [9.17, 15) is 4.79 Å². The molecule has 0 aromatic heterocycles. The highest BCUT2D eigenvalue weighted by atomic mass is 16.5. The highest BCUT2D eigenvalue weighted by Crippen LogP contribution is 2.22. The van der Waals surface area contributed by atoms with Gasteiger partial charge in [0.1, 0.15) is 5.75 Å². The van der Waals surface area contributed by atoms with Crippen molar-refractivity contribution >= 4 is 5.91 Å². The van der Waals surface area contributed by atoms with E-state index < -0.39 is 0 Å². The molecule has 29 heavy (non-hydrogen) atoms. The van der Waals surface area contributed by atoms with Gasteiger partial charge < -0.3 is 15.0 Å². The fourth-order valence-electron chi connectivity index (χ4n) is 3.44. The van der Waals surface area contributed by atoms with E-state index in [2.05, 4.69) is 28.4 Å². The van der Waals surface area contributed by atoms with E-state index in [4.69, 9.17) is 4.74 Å². The molecule has 0 aliphatic heterocycles. The van der Waals surface area contributed by atoms with Crippen molar-refractivity contribution in [3.63, 3.8) is 0 Å². The topological polar surface area (TPSA) is 41.6 Å². The monoisotopic (exact) mass is 388 g/mol. The molecular formula is C25H28N2O2. The number of nitrogens with one attached hydrogen (secondary N) is 1. The summed E-state index contributed by atoms with van der Waals surface area (Å²) in [5.41, 5.74) is 4.04. The lowest BCUT2D eigenvalue weighted by atomic mass is 9.99. The van der Waals surface area contributed by atoms with E-state index in [1.165, 1.54) is 5.56 Å². The zero-order valence-corrected chi connectivity index (χ0v) is 17.3. The number of hydrogen-bond acceptors (Lipinski definition) is 3. The summed E-state index contributed by atoms with van der Waals surface area (Å²) in [5.74, 6) is 0.764. The van der Waals surface area contributed by atoms with Crippen molar-refractivity contribution < 1.29 is 9.53 Å². The van der Waals surface area contributed by atoms with Crippen LogP contribution >= 0.6 is 0 Å². The zero-order valence-electron chi connectivity index (χ0n) is 17.3. The first kappa shape index (κ1) is 20.6. The molecule has 0 aliphatic carbocycles. The molecule has 0 saturated carbocycles. The van der Waals surface area contributed by atoms with Crippen LogP contribution in [0.5, 0.6) is 5.75 Å². The van der Waals surface area contributed by atoms with Crippen LogP contribution in [0.3, 0.4) is 0 Å². The molecule has 0 bridgehead atoms. The standard InChI is InChI=1S/C25H28N2O2/c1-27(2)24(21-13-9-14-22(17-21)29-3)18-26-25(28)23-15-8-7-12-20(23)16-19-10-5-4-6-11-19/h4-15,17,24H,16,18H2,1-3H3,(H,26,28). The average Bonchev–Trinajstić information content (AvgIpc) is 2.75. The molecule has 1 N–H and O–H groups in total. The zero-order chi connectivity index (χ0) is 20.6. The summed E-state index contributed by atoms with van der Waals surface area (Å²) in [4.78, 5) is 15.1. The van der Waals surface area contributed by atoms with Crippen molar-refractivity contribution in [1.82, 2.24) is 10.2 Å². The van der Waals surface area contributed by atoms with E-state index in [1.807, 2.05) is 74.8 Å². The molecule has 3 rings (SSSR count). The van der Waals surface area contributed by atoms with E-state index in [1.54, 1.807) is 7.11 Å². The van der Waals surface area contributed by atoms with Gasteiger partial charge in [-0.25, -0.2) is 0 Å². The number of carbonyl (C=O) groups excluding carboxylic acids is 1. The van der Waals surface area contributed by atoms with E-state index in [-0.39, 0.29) is 11.9 Å². The minimum atomic E-state index is -0.0497. The molecule has 3 aromatic carbocycles. The molecule has 0 radical (unpaired) electrons. The summed E-state index contributed by atoms with van der Waals surface area (Å²) in [6.45, 7) is 0.513. The molecule has 4 nitrogen and oxygen atoms in total. The van der Waals surface area contributed by atoms with Crippen molar-refractivity contribution in [3.8, 4) is 5.75 Å². The Balaban J connectivity index is 1.74. The SMILES string of the molecule is COc1cccc(C(CNC(=O)c2ccccc2Cc2ccccc2)N(C)C)c1. The number of methoxy groups -OCH3 is 1. The van der Waals surface area contributed by atoms with Crippen LogP contribution in [-0.2, 0) is 6.42 Å². The molecule has 0 aliphatic rings. The Hall–Kier alpha value is -3.11. The van der Waals surface area contributed by atoms with Gasteiger partial charge in [-0.1, -0.05) is 60.7 Å². The van der Waals surface area contributed by atoms with Gasteiger partial charge in [-0.3, -0.25) is 4.79 Å². The number of nitrogens with zero attached hydrogens (tertiary/aromatic N) is 1. The third-order valence-electron chi connectivity index (χ3n) is 5.06. The van der Waals surface area contributed by atoms with Gasteiger partial charge in [-0.15, -0.1) is 0 Å². The second-order valence-corrected chi connectivity index (χ2v) is 7.29. The van der Waals surface area contributed by atoms with Crippen LogP contribution in [0, 0.1) is 0 Å². The Morgan fingerprint density at radius 2 is 1.69 bits per heavy atom. The van der Waals surface area contributed by atoms with Crippen LogP contribution in [0.4, 0.5) is 0 Å². The normalized spacial score (nSPS) is 11.9. The van der Waals surface area contributed by atoms with E-state index in [0.717, 1.165) is 28.9 Å². The molecular weight excluding hydrogens is 360 g/mol. The van der Waals surface area contributed by atoms with Crippen LogP contribution < -0.4 is 10.1 Å². The van der Waals surface area contributed by atoms with Gasteiger partial charge in [0.15, 0.2) is 0 Å². The minimum absolute atomic E-state index is 0.0497. The highest BCUT2D eigenvalue weighted by molar-refractivity contribution is 5.95. The lowest BCUT2D eigenvalue weighted by molar-refractivity contribution is 0.0941. The van der Waals surface area contributed by atoms with Crippen LogP contribution in [0.25, 0.3) is 0 Å². The Labute approximate surface area is 173 Å². The molecule has 0 saturated heterocycles. The number of ether oxygens (including phenoxy) is 1. The summed E-state index contributed by atoms with van der Waals surface area (Å²) in [5, 5.41) is 3.12. The minimum Gasteiger partial charge on any atom is -0.497 e. The molecule has 0 spiro atoms. The molecule has 0 fully saturated rings. The fraction of sp³-hybridized carbons (Fsp3) is 0.240. The molecule has 1 atom stereocenters. The predicted octanol–water partition coefficient (Wildman–Crippen LogP) is 4.32. The highest BCUT2D eigenvalue weighted by Gasteiger charge is 2.18. The van der Waals surface area contributed by atoms with Crippen molar-refractivity contribution in [2.75, 3.05) is 27.7 Å². The molecule has 3 aromatic rings. The summed E-state index contributed by atoms with van der Waals surface area (Å²) < 4.78 is 5.35. The second-order valence-electron chi connectivity index (χ2n) is 7.29. The molecule has 1 amide bonds. The molecule has 0 heterocycles. The number of benzene rings is 3. The summed E-state index contributed by atoms with van der Waals surface area (Å²) in [7, 11) is 5.69. The second kappa shape index (κ2) is 9.89. The number of hydrogen-bond donors (Lipinski definition) is 1. The van der Waals surface area contributed by atoms with Crippen LogP contribution in [0.2, 0.25) is 0 Å². The Morgan fingerprint density at radius 1 is 0.966 bits per heavy atom. The summed E-state index contributed by atoms with van der Waals surface area (Å²) in [6.07, 6.45) is 0.734. The van der Waals surface area contributed by atoms with E-state index >= 15 is 0 Å². The number of rotatable bonds is 8. The van der Waals surface area contributed by atoms with Gasteiger partial charge in [0.05, 0.1) is 13.2 Å². The van der Waals surface area contributed by atoms with Gasteiger partial charge in [-0.05, 0) is 55.4 Å². The van der Waals surface area contributed by atoms with Crippen LogP contribution in [-0.4, -0.2) is 38.6 Å². The predicted molar refractivity (Wildman–Crippen MR) is 117 cm³/mol. The summed E-state index contributed by atoms with van der Waals surface area (Å²) in [6, 6.07) is 26.0. The third-order valence-corrected chi connectivity index (χ3v) is 5.06. The Morgan fingerprint density at radius 3 is 2.41 bits per heavy atom. The van der Waals surface area contributed by atoms with Gasteiger partial charge in [0.25, 0.3) is 5.91 Å². The first-order valence-electron chi connectivity index (χ1n) is 9.79. The lowest BCUT2D eigenvalue weighted by Gasteiger charge is -2.25. The van der Waals surface area contributed by atoms with Crippen molar-refractivity contribution in [1.29, 1.82) is 0 Å². The van der Waals surface area contributed by atoms with E-state index in [0.29, 0.717) is 6.54 Å². The fourth-order valence-corrected chi connectivity index (χ4v) is 3.44. The van der Waals surface area contributed by atoms with Crippen LogP contribution in [0.15, 0.2) is 78.9 Å². The quantitative estimate of drug-likeness (QED) is 0.625. The van der Waals surface area contributed by atoms with Gasteiger partial charge >= 0.3 is 0 Å². The molecule has 150 valence electrons. The van der Waals surface area contributed by atoms with Crippen molar-refractivity contribution in [2.24, 2.45) is 0 Å². The summed E-state index contributed by atoms with van der Waals surface area (Å²) >= 11 is 0. The average molecular weight is 389 g/mol. The van der Waals surface area contributed by atoms with Crippen molar-refractivity contribution in [2.45, 2.75) is 12.5 Å². The van der Waals surface area contributed by atoms with Crippen molar-refractivity contribution in [3.05, 3.63) is 101 Å². The Kier molecular flexibility index (Phi) is 7.04. The maximum Gasteiger partial charge on any atom is 0.251 e. The number of amides is 1. The van der Waals surface area contributed by atoms with Crippen LogP contribution in [0.1, 0.15) is 33.1 Å². The van der Waals surface area contributed by atoms with Gasteiger partial charge in [-0.2, -0.15) is 0 Å². The first-order chi connectivity index (χ1) is 14.1. The first-order valence-corrected chi connectivity index (χ1v) is 9.79. The number of likely N-dealkylation sites (N-methyl/N-ethyl adjacent to an activating group) is 1. The maximum absolute atomic E-state index is 13.0. The van der Waals surface area contributed by atoms with Gasteiger partial charge in [0, 0.05) is 12.1 Å². The third kappa shape index (κ3) is 5.46. The largest absolute Gasteiger partial charge is 0.497 e.